The second-order valence-electron chi connectivity index (χ2n) is 5.13. The number of aromatic nitrogens is 2. The van der Waals surface area contributed by atoms with Crippen LogP contribution in [0.4, 0.5) is 4.39 Å². The van der Waals surface area contributed by atoms with Crippen LogP contribution in [0, 0.1) is 12.7 Å². The summed E-state index contributed by atoms with van der Waals surface area (Å²) in [6, 6.07) is 11.3. The molecule has 0 aliphatic heterocycles. The molecule has 1 atom stereocenters. The third-order valence-electron chi connectivity index (χ3n) is 3.69. The topological polar surface area (TPSA) is 29.3 Å². The van der Waals surface area contributed by atoms with Gasteiger partial charge in [0.1, 0.15) is 5.82 Å². The van der Waals surface area contributed by atoms with E-state index < -0.39 is 0 Å². The highest BCUT2D eigenvalue weighted by molar-refractivity contribution is 5.57. The van der Waals surface area contributed by atoms with Gasteiger partial charge in [0.2, 0.25) is 0 Å². The van der Waals surface area contributed by atoms with Gasteiger partial charge in [-0.2, -0.15) is 5.10 Å². The molecule has 1 N–H and O–H groups in total. The van der Waals surface area contributed by atoms with Gasteiger partial charge in [-0.1, -0.05) is 25.1 Å². The van der Waals surface area contributed by atoms with Crippen molar-refractivity contribution in [2.24, 2.45) is 0 Å². The van der Waals surface area contributed by atoms with E-state index in [0.29, 0.717) is 5.56 Å². The Morgan fingerprint density at radius 2 is 2.14 bits per heavy atom. The van der Waals surface area contributed by atoms with Crippen molar-refractivity contribution < 1.29 is 4.39 Å². The number of pyridine rings is 1. The average Bonchev–Trinajstić information content (AvgIpc) is 2.92. The molecule has 3 aromatic rings. The van der Waals surface area contributed by atoms with Crippen LogP contribution in [0.15, 0.2) is 48.8 Å². The first kappa shape index (κ1) is 13.8. The number of hydrogen-bond acceptors (Lipinski definition) is 2. The van der Waals surface area contributed by atoms with Crippen molar-refractivity contribution in [1.29, 1.82) is 0 Å². The summed E-state index contributed by atoms with van der Waals surface area (Å²) in [7, 11) is 0. The summed E-state index contributed by atoms with van der Waals surface area (Å²) in [5.41, 5.74) is 3.87. The van der Waals surface area contributed by atoms with Gasteiger partial charge >= 0.3 is 0 Å². The van der Waals surface area contributed by atoms with Crippen molar-refractivity contribution in [3.05, 3.63) is 71.3 Å². The van der Waals surface area contributed by atoms with Gasteiger partial charge in [0.05, 0.1) is 17.8 Å². The quantitative estimate of drug-likeness (QED) is 0.794. The van der Waals surface area contributed by atoms with E-state index in [1.807, 2.05) is 47.2 Å². The molecule has 0 aliphatic rings. The number of rotatable bonds is 4. The summed E-state index contributed by atoms with van der Waals surface area (Å²) < 4.78 is 15.4. The minimum absolute atomic E-state index is 0.00852. The van der Waals surface area contributed by atoms with E-state index in [1.54, 1.807) is 6.92 Å². The molecule has 0 saturated heterocycles. The van der Waals surface area contributed by atoms with Crippen molar-refractivity contribution in [3.8, 4) is 0 Å². The molecular formula is C17H18FN3. The Morgan fingerprint density at radius 3 is 2.90 bits per heavy atom. The van der Waals surface area contributed by atoms with Gasteiger partial charge in [-0.25, -0.2) is 8.91 Å². The first-order valence-electron chi connectivity index (χ1n) is 7.12. The Morgan fingerprint density at radius 1 is 1.29 bits per heavy atom. The van der Waals surface area contributed by atoms with Crippen LogP contribution in [0.25, 0.3) is 5.52 Å². The van der Waals surface area contributed by atoms with Crippen LogP contribution in [0.3, 0.4) is 0 Å². The standard InChI is InChI=1S/C17H18FN3/c1-3-19-17(13-7-8-15(18)12(2)10-13)14-11-20-21-9-5-4-6-16(14)21/h4-11,17,19H,3H2,1-2H3. The number of nitrogens with one attached hydrogen (secondary N) is 1. The van der Waals surface area contributed by atoms with Crippen LogP contribution < -0.4 is 5.32 Å². The lowest BCUT2D eigenvalue weighted by molar-refractivity contribution is 0.607. The highest BCUT2D eigenvalue weighted by Gasteiger charge is 2.18. The molecule has 3 nitrogen and oxygen atoms in total. The van der Waals surface area contributed by atoms with Crippen LogP contribution in [-0.2, 0) is 0 Å². The first-order valence-corrected chi connectivity index (χ1v) is 7.12. The second kappa shape index (κ2) is 5.66. The molecule has 108 valence electrons. The molecule has 0 amide bonds. The van der Waals surface area contributed by atoms with Crippen molar-refractivity contribution in [2.75, 3.05) is 6.54 Å². The zero-order chi connectivity index (χ0) is 14.8. The fraction of sp³-hybridized carbons (Fsp3) is 0.235. The van der Waals surface area contributed by atoms with Gasteiger partial charge in [-0.15, -0.1) is 0 Å². The fourth-order valence-corrected chi connectivity index (χ4v) is 2.64. The van der Waals surface area contributed by atoms with E-state index in [2.05, 4.69) is 17.3 Å². The highest BCUT2D eigenvalue weighted by atomic mass is 19.1. The average molecular weight is 283 g/mol. The fourth-order valence-electron chi connectivity index (χ4n) is 2.64. The zero-order valence-corrected chi connectivity index (χ0v) is 12.2. The molecule has 0 aliphatic carbocycles. The van der Waals surface area contributed by atoms with E-state index in [9.17, 15) is 4.39 Å². The van der Waals surface area contributed by atoms with Crippen LogP contribution >= 0.6 is 0 Å². The predicted molar refractivity (Wildman–Crippen MR) is 81.8 cm³/mol. The van der Waals surface area contributed by atoms with Crippen molar-refractivity contribution in [1.82, 2.24) is 14.9 Å². The van der Waals surface area contributed by atoms with Gasteiger partial charge in [-0.05, 0) is 42.8 Å². The Hall–Kier alpha value is -2.20. The monoisotopic (exact) mass is 283 g/mol. The Kier molecular flexibility index (Phi) is 3.71. The van der Waals surface area contributed by atoms with Gasteiger partial charge in [0, 0.05) is 11.8 Å². The minimum Gasteiger partial charge on any atom is -0.306 e. The van der Waals surface area contributed by atoms with Crippen LogP contribution in [0.1, 0.15) is 29.7 Å². The zero-order valence-electron chi connectivity index (χ0n) is 12.2. The summed E-state index contributed by atoms with van der Waals surface area (Å²) in [5, 5.41) is 7.85. The SMILES string of the molecule is CCNC(c1ccc(F)c(C)c1)c1cnn2ccccc12. The third-order valence-corrected chi connectivity index (χ3v) is 3.69. The molecule has 0 bridgehead atoms. The summed E-state index contributed by atoms with van der Waals surface area (Å²) in [6.45, 7) is 4.68. The lowest BCUT2D eigenvalue weighted by Gasteiger charge is -2.18. The molecule has 2 aromatic heterocycles. The molecule has 0 saturated carbocycles. The Balaban J connectivity index is 2.11. The molecule has 2 heterocycles. The molecule has 1 aromatic carbocycles. The van der Waals surface area contributed by atoms with E-state index in [4.69, 9.17) is 0 Å². The maximum atomic E-state index is 13.5. The summed E-state index contributed by atoms with van der Waals surface area (Å²) in [6.07, 6.45) is 3.80. The molecule has 3 rings (SSSR count). The lowest BCUT2D eigenvalue weighted by atomic mass is 9.98. The molecule has 0 spiro atoms. The van der Waals surface area contributed by atoms with Gasteiger partial charge < -0.3 is 5.32 Å². The minimum atomic E-state index is -0.172. The maximum Gasteiger partial charge on any atom is 0.126 e. The Bertz CT molecular complexity index is 764. The summed E-state index contributed by atoms with van der Waals surface area (Å²) in [4.78, 5) is 0. The largest absolute Gasteiger partial charge is 0.306 e. The normalized spacial score (nSPS) is 12.7. The van der Waals surface area contributed by atoms with Crippen LogP contribution in [0.2, 0.25) is 0 Å². The summed E-state index contributed by atoms with van der Waals surface area (Å²) in [5.74, 6) is -0.172. The highest BCUT2D eigenvalue weighted by Crippen LogP contribution is 2.26. The number of benzene rings is 1. The predicted octanol–water partition coefficient (Wildman–Crippen LogP) is 3.48. The van der Waals surface area contributed by atoms with Crippen LogP contribution in [0.5, 0.6) is 0 Å². The lowest BCUT2D eigenvalue weighted by Crippen LogP contribution is -2.22. The van der Waals surface area contributed by atoms with E-state index in [1.165, 1.54) is 6.07 Å². The first-order chi connectivity index (χ1) is 10.2. The number of hydrogen-bond donors (Lipinski definition) is 1. The molecule has 4 heteroatoms. The molecule has 0 fully saturated rings. The van der Waals surface area contributed by atoms with E-state index in [-0.39, 0.29) is 11.9 Å². The van der Waals surface area contributed by atoms with Gasteiger partial charge in [-0.3, -0.25) is 0 Å². The van der Waals surface area contributed by atoms with Gasteiger partial charge in [0.25, 0.3) is 0 Å². The molecule has 1 unspecified atom stereocenters. The number of halogens is 1. The number of nitrogens with zero attached hydrogens (tertiary/aromatic N) is 2. The smallest absolute Gasteiger partial charge is 0.126 e. The van der Waals surface area contributed by atoms with E-state index in [0.717, 1.165) is 23.2 Å². The molecular weight excluding hydrogens is 265 g/mol. The third kappa shape index (κ3) is 2.54. The maximum absolute atomic E-state index is 13.5. The van der Waals surface area contributed by atoms with Crippen molar-refractivity contribution in [3.63, 3.8) is 0 Å². The van der Waals surface area contributed by atoms with Crippen molar-refractivity contribution >= 4 is 5.52 Å². The van der Waals surface area contributed by atoms with Crippen LogP contribution in [-0.4, -0.2) is 16.2 Å². The number of aryl methyl sites for hydroxylation is 1. The second-order valence-corrected chi connectivity index (χ2v) is 5.13. The summed E-state index contributed by atoms with van der Waals surface area (Å²) >= 11 is 0. The van der Waals surface area contributed by atoms with Crippen molar-refractivity contribution in [2.45, 2.75) is 19.9 Å². The van der Waals surface area contributed by atoms with E-state index >= 15 is 0 Å². The molecule has 21 heavy (non-hydrogen) atoms. The number of fused-ring (bicyclic) bond motifs is 1. The Labute approximate surface area is 123 Å². The molecule has 0 radical (unpaired) electrons. The van der Waals surface area contributed by atoms with Gasteiger partial charge in [0.15, 0.2) is 0 Å².